The van der Waals surface area contributed by atoms with Gasteiger partial charge >= 0.3 is 11.9 Å². The Hall–Kier alpha value is -2.21. The zero-order chi connectivity index (χ0) is 19.8. The van der Waals surface area contributed by atoms with Crippen LogP contribution in [0, 0.1) is 41.0 Å². The van der Waals surface area contributed by atoms with Gasteiger partial charge in [-0.25, -0.2) is 30.8 Å². The van der Waals surface area contributed by atoms with Gasteiger partial charge in [-0.1, -0.05) is 0 Å². The lowest BCUT2D eigenvalue weighted by Crippen LogP contribution is -2.36. The molecule has 0 spiro atoms. The number of hydrogen-bond acceptors (Lipinski definition) is 7. The molecule has 0 radical (unpaired) electrons. The van der Waals surface area contributed by atoms with Gasteiger partial charge in [0.05, 0.1) is 5.92 Å². The second kappa shape index (κ2) is 5.64. The molecule has 1 aliphatic heterocycles. The molecule has 5 atom stereocenters. The number of fused-ring (bicyclic) bond motifs is 1. The summed E-state index contributed by atoms with van der Waals surface area (Å²) in [4.78, 5) is 21.4. The molecule has 2 saturated carbocycles. The van der Waals surface area contributed by atoms with Crippen molar-refractivity contribution >= 4 is 22.1 Å². The number of halogens is 4. The minimum Gasteiger partial charge on any atom is -0.744 e. The highest BCUT2D eigenvalue weighted by Crippen LogP contribution is 2.55. The molecule has 2 bridgehead atoms. The lowest BCUT2D eigenvalue weighted by Gasteiger charge is -2.25. The predicted molar refractivity (Wildman–Crippen MR) is 73.0 cm³/mol. The number of carbonyl (C=O) groups is 2. The third kappa shape index (κ3) is 2.46. The van der Waals surface area contributed by atoms with Gasteiger partial charge in [-0.15, -0.1) is 0 Å². The Bertz CT molecular complexity index is 963. The van der Waals surface area contributed by atoms with E-state index in [0.29, 0.717) is 12.8 Å². The van der Waals surface area contributed by atoms with E-state index < -0.39 is 68.0 Å². The van der Waals surface area contributed by atoms with Gasteiger partial charge < -0.3 is 14.0 Å². The smallest absolute Gasteiger partial charge is 0.344 e. The first-order chi connectivity index (χ1) is 12.5. The van der Waals surface area contributed by atoms with E-state index in [1.165, 1.54) is 0 Å². The molecule has 1 heterocycles. The van der Waals surface area contributed by atoms with E-state index in [4.69, 9.17) is 9.47 Å². The maximum atomic E-state index is 14.0. The monoisotopic (exact) mass is 409 g/mol. The Morgan fingerprint density at radius 1 is 1.07 bits per heavy atom. The van der Waals surface area contributed by atoms with Crippen LogP contribution in [0.2, 0.25) is 0 Å². The number of benzene rings is 1. The summed E-state index contributed by atoms with van der Waals surface area (Å²) in [7, 11) is -5.88. The summed E-state index contributed by atoms with van der Waals surface area (Å²) >= 11 is 0. The predicted octanol–water partition coefficient (Wildman–Crippen LogP) is 1.25. The number of ether oxygens (including phenoxy) is 2. The molecule has 0 amide bonds. The summed E-state index contributed by atoms with van der Waals surface area (Å²) in [6, 6.07) is 0. The number of rotatable bonds is 3. The van der Waals surface area contributed by atoms with E-state index in [2.05, 4.69) is 0 Å². The minimum absolute atomic E-state index is 0.212. The average Bonchev–Trinajstić information content (AvgIpc) is 3.17. The summed E-state index contributed by atoms with van der Waals surface area (Å²) in [6.45, 7) is 0. The Morgan fingerprint density at radius 2 is 1.67 bits per heavy atom. The SMILES string of the molecule is O=C(OC1C2CC3C(=O)OC1C3C2)c1c(F)c(F)c(S(=O)(=O)[O-])c(F)c1F. The van der Waals surface area contributed by atoms with Gasteiger partial charge in [0, 0.05) is 11.8 Å². The van der Waals surface area contributed by atoms with E-state index in [1.54, 1.807) is 0 Å². The first-order valence-corrected chi connectivity index (χ1v) is 9.16. The molecule has 1 aromatic carbocycles. The van der Waals surface area contributed by atoms with Crippen molar-refractivity contribution in [3.63, 3.8) is 0 Å². The quantitative estimate of drug-likeness (QED) is 0.320. The van der Waals surface area contributed by atoms with Crippen LogP contribution in [0.15, 0.2) is 4.90 Å². The van der Waals surface area contributed by atoms with Gasteiger partial charge in [0.15, 0.2) is 23.3 Å². The van der Waals surface area contributed by atoms with Crippen molar-refractivity contribution in [2.75, 3.05) is 0 Å². The largest absolute Gasteiger partial charge is 0.744 e. The molecule has 0 aromatic heterocycles. The normalized spacial score (nSPS) is 31.3. The van der Waals surface area contributed by atoms with Crippen LogP contribution in [0.5, 0.6) is 0 Å². The summed E-state index contributed by atoms with van der Waals surface area (Å²) < 4.78 is 98.1. The third-order valence-electron chi connectivity index (χ3n) is 5.33. The van der Waals surface area contributed by atoms with Gasteiger partial charge in [-0.3, -0.25) is 4.79 Å². The molecule has 1 saturated heterocycles. The molecule has 146 valence electrons. The van der Waals surface area contributed by atoms with Crippen molar-refractivity contribution in [1.29, 1.82) is 0 Å². The lowest BCUT2D eigenvalue weighted by molar-refractivity contribution is -0.146. The standard InChI is InChI=1S/C15H10F4O7S/c16-7-6(8(17)10(19)13(9(7)18)27(22,23)24)15(21)25-11-3-1-4-5(2-3)14(20)26-12(4)11/h3-5,11-12H,1-2H2,(H,22,23,24)/p-1. The van der Waals surface area contributed by atoms with Crippen molar-refractivity contribution in [2.45, 2.75) is 29.9 Å². The fraction of sp³-hybridized carbons (Fsp3) is 0.467. The van der Waals surface area contributed by atoms with Gasteiger partial charge in [0.2, 0.25) is 0 Å². The van der Waals surface area contributed by atoms with Gasteiger partial charge in [-0.05, 0) is 12.8 Å². The molecular formula is C15H9F4O7S-. The molecule has 12 heteroatoms. The minimum atomic E-state index is -5.88. The number of esters is 2. The molecule has 3 fully saturated rings. The topological polar surface area (TPSA) is 110 Å². The Morgan fingerprint density at radius 3 is 2.22 bits per heavy atom. The Kier molecular flexibility index (Phi) is 3.80. The zero-order valence-electron chi connectivity index (χ0n) is 13.1. The summed E-state index contributed by atoms with van der Waals surface area (Å²) in [5.41, 5.74) is -1.80. The van der Waals surface area contributed by atoms with Crippen LogP contribution >= 0.6 is 0 Å². The molecule has 2 aliphatic carbocycles. The van der Waals surface area contributed by atoms with Crippen molar-refractivity contribution < 1.29 is 49.6 Å². The summed E-state index contributed by atoms with van der Waals surface area (Å²) in [5, 5.41) is 0. The fourth-order valence-electron chi connectivity index (χ4n) is 4.26. The summed E-state index contributed by atoms with van der Waals surface area (Å²) in [5.74, 6) is -12.9. The fourth-order valence-corrected chi connectivity index (χ4v) is 4.88. The van der Waals surface area contributed by atoms with E-state index in [9.17, 15) is 40.1 Å². The van der Waals surface area contributed by atoms with Gasteiger partial charge in [0.25, 0.3) is 0 Å². The molecule has 27 heavy (non-hydrogen) atoms. The van der Waals surface area contributed by atoms with E-state index >= 15 is 0 Å². The first-order valence-electron chi connectivity index (χ1n) is 7.75. The molecular weight excluding hydrogens is 400 g/mol. The van der Waals surface area contributed by atoms with Crippen molar-refractivity contribution in [3.05, 3.63) is 28.8 Å². The van der Waals surface area contributed by atoms with E-state index in [0.717, 1.165) is 0 Å². The Labute approximate surface area is 149 Å². The molecule has 0 N–H and O–H groups in total. The highest BCUT2D eigenvalue weighted by molar-refractivity contribution is 7.85. The molecule has 5 unspecified atom stereocenters. The van der Waals surface area contributed by atoms with Crippen molar-refractivity contribution in [2.24, 2.45) is 17.8 Å². The van der Waals surface area contributed by atoms with Crippen LogP contribution in [0.1, 0.15) is 23.2 Å². The second-order valence-electron chi connectivity index (χ2n) is 6.69. The van der Waals surface area contributed by atoms with Crippen molar-refractivity contribution in [1.82, 2.24) is 0 Å². The van der Waals surface area contributed by atoms with Crippen LogP contribution in [-0.4, -0.2) is 37.1 Å². The highest BCUT2D eigenvalue weighted by atomic mass is 32.2. The zero-order valence-corrected chi connectivity index (χ0v) is 13.9. The molecule has 4 rings (SSSR count). The molecule has 7 nitrogen and oxygen atoms in total. The summed E-state index contributed by atoms with van der Waals surface area (Å²) in [6.07, 6.45) is -1.02. The molecule has 3 aliphatic rings. The highest BCUT2D eigenvalue weighted by Gasteiger charge is 2.63. The van der Waals surface area contributed by atoms with Crippen LogP contribution in [0.4, 0.5) is 17.6 Å². The first kappa shape index (κ1) is 18.2. The maximum absolute atomic E-state index is 14.0. The Balaban J connectivity index is 1.69. The van der Waals surface area contributed by atoms with Crippen LogP contribution in [-0.2, 0) is 24.4 Å². The van der Waals surface area contributed by atoms with Crippen LogP contribution in [0.3, 0.4) is 0 Å². The van der Waals surface area contributed by atoms with E-state index in [-0.39, 0.29) is 17.8 Å². The van der Waals surface area contributed by atoms with Gasteiger partial charge in [-0.2, -0.15) is 0 Å². The third-order valence-corrected chi connectivity index (χ3v) is 6.19. The maximum Gasteiger partial charge on any atom is 0.344 e. The number of carbonyl (C=O) groups excluding carboxylic acids is 2. The second-order valence-corrected chi connectivity index (χ2v) is 8.00. The van der Waals surface area contributed by atoms with Crippen molar-refractivity contribution in [3.8, 4) is 0 Å². The number of hydrogen-bond donors (Lipinski definition) is 0. The van der Waals surface area contributed by atoms with Gasteiger partial charge in [0.1, 0.15) is 32.8 Å². The lowest BCUT2D eigenvalue weighted by atomic mass is 9.88. The van der Waals surface area contributed by atoms with Crippen LogP contribution < -0.4 is 0 Å². The average molecular weight is 409 g/mol. The molecule has 1 aromatic rings. The van der Waals surface area contributed by atoms with E-state index in [1.807, 2.05) is 0 Å². The van der Waals surface area contributed by atoms with Crippen LogP contribution in [0.25, 0.3) is 0 Å².